The van der Waals surface area contributed by atoms with Crippen molar-refractivity contribution < 1.29 is 32.3 Å². The molecule has 0 atom stereocenters. The molecule has 2 aromatic rings. The Bertz CT molecular complexity index is 1150. The molecule has 1 N–H and O–H groups in total. The molecule has 2 fully saturated rings. The second-order valence-corrected chi connectivity index (χ2v) is 9.51. The number of para-hydroxylation sites is 1. The fourth-order valence-electron chi connectivity index (χ4n) is 5.09. The van der Waals surface area contributed by atoms with E-state index in [-0.39, 0.29) is 56.5 Å². The summed E-state index contributed by atoms with van der Waals surface area (Å²) < 4.78 is 44.4. The molecule has 0 saturated carbocycles. The Kier molecular flexibility index (Phi) is 8.25. The number of hydrogen-bond acceptors (Lipinski definition) is 5. The van der Waals surface area contributed by atoms with Crippen molar-refractivity contribution >= 4 is 23.4 Å². The summed E-state index contributed by atoms with van der Waals surface area (Å²) in [7, 11) is 1.58. The summed E-state index contributed by atoms with van der Waals surface area (Å²) in [5, 5.41) is 2.80. The standard InChI is InChI=1S/C27H31F3N4O4/c1-38-16-6-13-31-23(35)18-33-19-34(22-9-3-2-4-10-22)26(25(33)37)11-14-32(15-12-26)24(36)20-7-5-8-21(17-20)27(28,29)30/h2-5,7-10,17H,6,11-16,18-19H2,1H3,(H,31,35). The van der Waals surface area contributed by atoms with Crippen molar-refractivity contribution in [3.05, 3.63) is 65.7 Å². The number of ether oxygens (including phenoxy) is 1. The Morgan fingerprint density at radius 3 is 2.42 bits per heavy atom. The highest BCUT2D eigenvalue weighted by molar-refractivity contribution is 5.97. The van der Waals surface area contributed by atoms with Crippen LogP contribution >= 0.6 is 0 Å². The molecule has 4 rings (SSSR count). The van der Waals surface area contributed by atoms with Gasteiger partial charge in [-0.05, 0) is 49.6 Å². The highest BCUT2D eigenvalue weighted by Crippen LogP contribution is 2.40. The lowest BCUT2D eigenvalue weighted by atomic mass is 9.85. The molecule has 2 heterocycles. The monoisotopic (exact) mass is 532 g/mol. The second kappa shape index (κ2) is 11.4. The number of carbonyl (C=O) groups excluding carboxylic acids is 3. The normalized spacial score (nSPS) is 17.3. The number of nitrogens with zero attached hydrogens (tertiary/aromatic N) is 3. The van der Waals surface area contributed by atoms with E-state index in [2.05, 4.69) is 5.32 Å². The van der Waals surface area contributed by atoms with Crippen LogP contribution in [-0.2, 0) is 20.5 Å². The predicted molar refractivity (Wildman–Crippen MR) is 134 cm³/mol. The van der Waals surface area contributed by atoms with E-state index >= 15 is 0 Å². The third-order valence-corrected chi connectivity index (χ3v) is 7.08. The topological polar surface area (TPSA) is 82.2 Å². The Balaban J connectivity index is 1.49. The van der Waals surface area contributed by atoms with Gasteiger partial charge in [-0.25, -0.2) is 0 Å². The molecule has 0 bridgehead atoms. The number of benzene rings is 2. The van der Waals surface area contributed by atoms with Gasteiger partial charge in [-0.1, -0.05) is 24.3 Å². The van der Waals surface area contributed by atoms with Crippen LogP contribution in [0.15, 0.2) is 54.6 Å². The van der Waals surface area contributed by atoms with Crippen LogP contribution < -0.4 is 10.2 Å². The van der Waals surface area contributed by atoms with Crippen LogP contribution in [0.25, 0.3) is 0 Å². The molecule has 11 heteroatoms. The van der Waals surface area contributed by atoms with Crippen molar-refractivity contribution in [1.29, 1.82) is 0 Å². The Morgan fingerprint density at radius 2 is 1.76 bits per heavy atom. The van der Waals surface area contributed by atoms with Crippen LogP contribution in [0.2, 0.25) is 0 Å². The van der Waals surface area contributed by atoms with Gasteiger partial charge in [-0.15, -0.1) is 0 Å². The van der Waals surface area contributed by atoms with E-state index in [0.717, 1.165) is 17.8 Å². The average Bonchev–Trinajstić information content (AvgIpc) is 3.17. The van der Waals surface area contributed by atoms with Gasteiger partial charge < -0.3 is 24.8 Å². The van der Waals surface area contributed by atoms with Gasteiger partial charge >= 0.3 is 6.18 Å². The Morgan fingerprint density at radius 1 is 1.05 bits per heavy atom. The van der Waals surface area contributed by atoms with E-state index in [4.69, 9.17) is 4.74 Å². The van der Waals surface area contributed by atoms with Crippen LogP contribution in [0.3, 0.4) is 0 Å². The van der Waals surface area contributed by atoms with Crippen molar-refractivity contribution in [2.75, 3.05) is 51.5 Å². The molecule has 38 heavy (non-hydrogen) atoms. The fourth-order valence-corrected chi connectivity index (χ4v) is 5.09. The number of halogens is 3. The maximum Gasteiger partial charge on any atom is 0.416 e. The molecule has 0 unspecified atom stereocenters. The summed E-state index contributed by atoms with van der Waals surface area (Å²) in [6.45, 7) is 1.47. The van der Waals surface area contributed by atoms with Crippen molar-refractivity contribution in [3.63, 3.8) is 0 Å². The Hall–Kier alpha value is -3.60. The van der Waals surface area contributed by atoms with Crippen molar-refractivity contribution in [1.82, 2.24) is 15.1 Å². The average molecular weight is 533 g/mol. The molecule has 3 amide bonds. The molecule has 8 nitrogen and oxygen atoms in total. The SMILES string of the molecule is COCCCNC(=O)CN1CN(c2ccccc2)C2(CCN(C(=O)c3cccc(C(F)(F)F)c3)CC2)C1=O. The number of alkyl halides is 3. The number of carbonyl (C=O) groups is 3. The van der Waals surface area contributed by atoms with Gasteiger partial charge in [0.15, 0.2) is 0 Å². The molecule has 0 aromatic heterocycles. The molecule has 2 aliphatic heterocycles. The summed E-state index contributed by atoms with van der Waals surface area (Å²) >= 11 is 0. The third kappa shape index (κ3) is 5.77. The molecular weight excluding hydrogens is 501 g/mol. The highest BCUT2D eigenvalue weighted by atomic mass is 19.4. The number of hydrogen-bond donors (Lipinski definition) is 1. The first-order valence-electron chi connectivity index (χ1n) is 12.5. The zero-order valence-corrected chi connectivity index (χ0v) is 21.2. The minimum Gasteiger partial charge on any atom is -0.385 e. The predicted octanol–water partition coefficient (Wildman–Crippen LogP) is 3.14. The molecule has 2 aromatic carbocycles. The molecule has 1 spiro atoms. The van der Waals surface area contributed by atoms with E-state index < -0.39 is 23.2 Å². The Labute approximate surface area is 219 Å². The van der Waals surface area contributed by atoms with Crippen molar-refractivity contribution in [3.8, 4) is 0 Å². The van der Waals surface area contributed by atoms with Gasteiger partial charge in [0.1, 0.15) is 12.1 Å². The lowest BCUT2D eigenvalue weighted by Crippen LogP contribution is -2.57. The van der Waals surface area contributed by atoms with E-state index in [0.29, 0.717) is 19.6 Å². The first-order chi connectivity index (χ1) is 18.2. The zero-order valence-electron chi connectivity index (χ0n) is 21.2. The minimum atomic E-state index is -4.55. The number of piperidine rings is 1. The maximum absolute atomic E-state index is 13.7. The first-order valence-corrected chi connectivity index (χ1v) is 12.5. The smallest absolute Gasteiger partial charge is 0.385 e. The number of likely N-dealkylation sites (tertiary alicyclic amines) is 1. The number of nitrogens with one attached hydrogen (secondary N) is 1. The zero-order chi connectivity index (χ0) is 27.3. The lowest BCUT2D eigenvalue weighted by molar-refractivity contribution is -0.137. The fraction of sp³-hybridized carbons (Fsp3) is 0.444. The van der Waals surface area contributed by atoms with Gasteiger partial charge in [0, 0.05) is 44.6 Å². The van der Waals surface area contributed by atoms with Crippen LogP contribution in [0.1, 0.15) is 35.2 Å². The van der Waals surface area contributed by atoms with Gasteiger partial charge in [-0.2, -0.15) is 13.2 Å². The number of amides is 3. The largest absolute Gasteiger partial charge is 0.416 e. The molecule has 0 radical (unpaired) electrons. The lowest BCUT2D eigenvalue weighted by Gasteiger charge is -2.43. The van der Waals surface area contributed by atoms with E-state index in [9.17, 15) is 27.6 Å². The van der Waals surface area contributed by atoms with E-state index in [1.807, 2.05) is 35.2 Å². The quantitative estimate of drug-likeness (QED) is 0.529. The second-order valence-electron chi connectivity index (χ2n) is 9.51. The van der Waals surface area contributed by atoms with Gasteiger partial charge in [0.25, 0.3) is 11.8 Å². The highest BCUT2D eigenvalue weighted by Gasteiger charge is 2.54. The minimum absolute atomic E-state index is 0.0415. The molecule has 2 saturated heterocycles. The summed E-state index contributed by atoms with van der Waals surface area (Å²) in [6, 6.07) is 13.8. The van der Waals surface area contributed by atoms with Gasteiger partial charge in [0.05, 0.1) is 12.2 Å². The summed E-state index contributed by atoms with van der Waals surface area (Å²) in [4.78, 5) is 44.3. The summed E-state index contributed by atoms with van der Waals surface area (Å²) in [5.74, 6) is -0.966. The molecular formula is C27H31F3N4O4. The van der Waals surface area contributed by atoms with E-state index in [1.165, 1.54) is 21.9 Å². The van der Waals surface area contributed by atoms with Crippen molar-refractivity contribution in [2.24, 2.45) is 0 Å². The summed E-state index contributed by atoms with van der Waals surface area (Å²) in [5.41, 5.74) is -1.06. The number of rotatable bonds is 8. The van der Waals surface area contributed by atoms with Crippen LogP contribution in [0.5, 0.6) is 0 Å². The van der Waals surface area contributed by atoms with Crippen molar-refractivity contribution in [2.45, 2.75) is 31.0 Å². The maximum atomic E-state index is 13.7. The van der Waals surface area contributed by atoms with Crippen LogP contribution in [-0.4, -0.2) is 79.6 Å². The third-order valence-electron chi connectivity index (χ3n) is 7.08. The molecule has 204 valence electrons. The van der Waals surface area contributed by atoms with Gasteiger partial charge in [0.2, 0.25) is 5.91 Å². The van der Waals surface area contributed by atoms with Crippen LogP contribution in [0.4, 0.5) is 18.9 Å². The van der Waals surface area contributed by atoms with Gasteiger partial charge in [-0.3, -0.25) is 14.4 Å². The first kappa shape index (κ1) is 27.4. The molecule has 0 aliphatic carbocycles. The van der Waals surface area contributed by atoms with Crippen LogP contribution in [0, 0.1) is 0 Å². The summed E-state index contributed by atoms with van der Waals surface area (Å²) in [6.07, 6.45) is -3.31. The van der Waals surface area contributed by atoms with E-state index in [1.54, 1.807) is 7.11 Å². The number of anilines is 1. The molecule has 2 aliphatic rings. The number of methoxy groups -OCH3 is 1.